The molecule has 1 aliphatic rings. The predicted octanol–water partition coefficient (Wildman–Crippen LogP) is 3.62. The number of nitrogens with zero attached hydrogens (tertiary/aromatic N) is 2. The minimum absolute atomic E-state index is 0.0417. The molecule has 176 valence electrons. The molecule has 0 atom stereocenters. The van der Waals surface area contributed by atoms with Gasteiger partial charge in [0.1, 0.15) is 10.0 Å². The number of carbonyl (C=O) groups is 1. The van der Waals surface area contributed by atoms with E-state index in [1.807, 2.05) is 23.8 Å². The Bertz CT molecular complexity index is 1380. The Kier molecular flexibility index (Phi) is 6.74. The molecule has 0 unspecified atom stereocenters. The number of anilines is 1. The maximum atomic E-state index is 13.0. The monoisotopic (exact) mass is 525 g/mol. The van der Waals surface area contributed by atoms with Gasteiger partial charge in [0.25, 0.3) is 0 Å². The molecule has 0 saturated carbocycles. The molecule has 0 aliphatic carbocycles. The van der Waals surface area contributed by atoms with Crippen LogP contribution in [0.4, 0.5) is 5.00 Å². The molecule has 4 rings (SSSR count). The van der Waals surface area contributed by atoms with Gasteiger partial charge < -0.3 is 5.32 Å². The van der Waals surface area contributed by atoms with Crippen LogP contribution >= 0.6 is 22.7 Å². The Morgan fingerprint density at radius 3 is 2.42 bits per heavy atom. The average molecular weight is 526 g/mol. The van der Waals surface area contributed by atoms with Crippen LogP contribution in [0.5, 0.6) is 0 Å². The summed E-state index contributed by atoms with van der Waals surface area (Å²) < 4.78 is 51.0. The number of sulfonamides is 1. The van der Waals surface area contributed by atoms with Crippen molar-refractivity contribution in [3.05, 3.63) is 46.8 Å². The Balaban J connectivity index is 1.42. The van der Waals surface area contributed by atoms with Crippen molar-refractivity contribution in [2.24, 2.45) is 5.92 Å². The lowest BCUT2D eigenvalue weighted by Crippen LogP contribution is -2.41. The van der Waals surface area contributed by atoms with Gasteiger partial charge in [-0.15, -0.1) is 22.7 Å². The van der Waals surface area contributed by atoms with E-state index in [4.69, 9.17) is 0 Å². The number of thiophene rings is 1. The average Bonchev–Trinajstić information content (AvgIpc) is 3.42. The van der Waals surface area contributed by atoms with Gasteiger partial charge in [-0.25, -0.2) is 21.8 Å². The van der Waals surface area contributed by atoms with Crippen molar-refractivity contribution in [1.29, 1.82) is 0 Å². The maximum absolute atomic E-state index is 13.0. The summed E-state index contributed by atoms with van der Waals surface area (Å²) in [5, 5.41) is 8.44. The van der Waals surface area contributed by atoms with Crippen LogP contribution in [0.15, 0.2) is 50.9 Å². The molecule has 8 nitrogen and oxygen atoms in total. The lowest BCUT2D eigenvalue weighted by Gasteiger charge is -2.30. The lowest BCUT2D eigenvalue weighted by atomic mass is 9.97. The van der Waals surface area contributed by atoms with Crippen LogP contribution in [0, 0.1) is 12.8 Å². The summed E-state index contributed by atoms with van der Waals surface area (Å²) in [4.78, 5) is 17.3. The van der Waals surface area contributed by atoms with Crippen LogP contribution in [0.3, 0.4) is 0 Å². The highest BCUT2D eigenvalue weighted by molar-refractivity contribution is 7.91. The number of nitrogens with one attached hydrogen (secondary N) is 1. The van der Waals surface area contributed by atoms with E-state index in [1.54, 1.807) is 0 Å². The van der Waals surface area contributed by atoms with Crippen molar-refractivity contribution in [3.63, 3.8) is 0 Å². The molecule has 1 aliphatic heterocycles. The summed E-state index contributed by atoms with van der Waals surface area (Å²) in [5.41, 5.74) is 1.81. The van der Waals surface area contributed by atoms with E-state index in [9.17, 15) is 21.6 Å². The SMILES string of the molecule is Cc1csc(-c2ccsc2NC(=O)C2CCN(S(=O)(=O)c3cccc(S(C)(=O)=O)c3)CC2)n1. The molecule has 0 spiro atoms. The van der Waals surface area contributed by atoms with Crippen LogP contribution in [-0.2, 0) is 24.7 Å². The molecule has 1 saturated heterocycles. The summed E-state index contributed by atoms with van der Waals surface area (Å²) in [6, 6.07) is 7.30. The number of carbonyl (C=O) groups excluding carboxylic acids is 1. The van der Waals surface area contributed by atoms with Crippen molar-refractivity contribution >= 4 is 53.4 Å². The third kappa shape index (κ3) is 5.19. The summed E-state index contributed by atoms with van der Waals surface area (Å²) in [6.45, 7) is 2.29. The molecule has 1 N–H and O–H groups in total. The van der Waals surface area contributed by atoms with Gasteiger partial charge in [-0.3, -0.25) is 4.79 Å². The number of piperidine rings is 1. The molecule has 2 aromatic heterocycles. The van der Waals surface area contributed by atoms with Crippen LogP contribution in [-0.4, -0.2) is 51.4 Å². The van der Waals surface area contributed by atoms with Crippen molar-refractivity contribution in [2.75, 3.05) is 24.7 Å². The first-order chi connectivity index (χ1) is 15.6. The number of thiazole rings is 1. The first kappa shape index (κ1) is 24.0. The van der Waals surface area contributed by atoms with Gasteiger partial charge in [0.15, 0.2) is 9.84 Å². The summed E-state index contributed by atoms with van der Waals surface area (Å²) >= 11 is 2.95. The van der Waals surface area contributed by atoms with Gasteiger partial charge in [-0.2, -0.15) is 4.31 Å². The highest BCUT2D eigenvalue weighted by Gasteiger charge is 2.33. The van der Waals surface area contributed by atoms with Crippen molar-refractivity contribution in [3.8, 4) is 10.6 Å². The molecular formula is C21H23N3O5S4. The third-order valence-corrected chi connectivity index (χ3v) is 10.3. The second-order valence-corrected chi connectivity index (χ2v) is 13.6. The van der Waals surface area contributed by atoms with Crippen molar-refractivity contribution < 1.29 is 21.6 Å². The minimum atomic E-state index is -3.85. The van der Waals surface area contributed by atoms with E-state index < -0.39 is 19.9 Å². The lowest BCUT2D eigenvalue weighted by molar-refractivity contribution is -0.120. The molecule has 33 heavy (non-hydrogen) atoms. The van der Waals surface area contributed by atoms with Gasteiger partial charge in [0.2, 0.25) is 15.9 Å². The van der Waals surface area contributed by atoms with Gasteiger partial charge >= 0.3 is 0 Å². The zero-order chi connectivity index (χ0) is 23.8. The van der Waals surface area contributed by atoms with E-state index in [-0.39, 0.29) is 34.7 Å². The standard InChI is InChI=1S/C21H23N3O5S4/c1-14-13-31-20(22-14)18-8-11-30-21(18)23-19(25)15-6-9-24(10-7-15)33(28,29)17-5-3-4-16(12-17)32(2,26)27/h3-5,8,11-13,15H,6-7,9-10H2,1-2H3,(H,23,25). The van der Waals surface area contributed by atoms with E-state index in [1.165, 1.54) is 51.2 Å². The number of hydrogen-bond acceptors (Lipinski definition) is 8. The second kappa shape index (κ2) is 9.26. The second-order valence-electron chi connectivity index (χ2n) is 7.87. The van der Waals surface area contributed by atoms with Crippen LogP contribution in [0.2, 0.25) is 0 Å². The zero-order valence-electron chi connectivity index (χ0n) is 18.0. The van der Waals surface area contributed by atoms with Crippen molar-refractivity contribution in [1.82, 2.24) is 9.29 Å². The molecule has 1 fully saturated rings. The molecule has 3 heterocycles. The van der Waals surface area contributed by atoms with Gasteiger partial charge in [-0.05, 0) is 49.4 Å². The highest BCUT2D eigenvalue weighted by atomic mass is 32.2. The predicted molar refractivity (Wildman–Crippen MR) is 130 cm³/mol. The molecular weight excluding hydrogens is 503 g/mol. The smallest absolute Gasteiger partial charge is 0.243 e. The minimum Gasteiger partial charge on any atom is -0.317 e. The zero-order valence-corrected chi connectivity index (χ0v) is 21.3. The molecule has 1 amide bonds. The molecule has 1 aromatic carbocycles. The Labute approximate surface area is 201 Å². The first-order valence-electron chi connectivity index (χ1n) is 10.2. The topological polar surface area (TPSA) is 114 Å². The Hall–Kier alpha value is -2.12. The highest BCUT2D eigenvalue weighted by Crippen LogP contribution is 2.36. The van der Waals surface area contributed by atoms with E-state index in [0.29, 0.717) is 12.8 Å². The number of aryl methyl sites for hydroxylation is 1. The number of sulfone groups is 1. The molecule has 0 radical (unpaired) electrons. The number of rotatable bonds is 6. The quantitative estimate of drug-likeness (QED) is 0.526. The van der Waals surface area contributed by atoms with Crippen LogP contribution in [0.25, 0.3) is 10.6 Å². The largest absolute Gasteiger partial charge is 0.317 e. The van der Waals surface area contributed by atoms with Gasteiger partial charge in [-0.1, -0.05) is 6.07 Å². The fourth-order valence-electron chi connectivity index (χ4n) is 3.64. The van der Waals surface area contributed by atoms with Gasteiger partial charge in [0, 0.05) is 41.9 Å². The summed E-state index contributed by atoms with van der Waals surface area (Å²) in [5.74, 6) is -0.449. The number of aromatic nitrogens is 1. The Morgan fingerprint density at radius 1 is 1.09 bits per heavy atom. The summed E-state index contributed by atoms with van der Waals surface area (Å²) in [7, 11) is -7.37. The number of benzene rings is 1. The normalized spacial score (nSPS) is 16.1. The molecule has 3 aromatic rings. The maximum Gasteiger partial charge on any atom is 0.243 e. The Morgan fingerprint density at radius 2 is 1.79 bits per heavy atom. The molecule has 12 heteroatoms. The fraction of sp³-hybridized carbons (Fsp3) is 0.333. The van der Waals surface area contributed by atoms with Gasteiger partial charge in [0.05, 0.1) is 9.79 Å². The summed E-state index contributed by atoms with van der Waals surface area (Å²) in [6.07, 6.45) is 1.80. The fourth-order valence-corrected chi connectivity index (χ4v) is 7.58. The van der Waals surface area contributed by atoms with Crippen LogP contribution in [0.1, 0.15) is 18.5 Å². The van der Waals surface area contributed by atoms with Crippen molar-refractivity contribution in [2.45, 2.75) is 29.6 Å². The van der Waals surface area contributed by atoms with E-state index >= 15 is 0 Å². The van der Waals surface area contributed by atoms with E-state index in [2.05, 4.69) is 10.3 Å². The third-order valence-electron chi connectivity index (χ3n) is 5.45. The molecule has 0 bridgehead atoms. The van der Waals surface area contributed by atoms with Crippen LogP contribution < -0.4 is 5.32 Å². The first-order valence-corrected chi connectivity index (χ1v) is 15.3. The number of amides is 1. The number of hydrogen-bond donors (Lipinski definition) is 1. The van der Waals surface area contributed by atoms with E-state index in [0.717, 1.165) is 27.5 Å².